The molecule has 0 bridgehead atoms. The van der Waals surface area contributed by atoms with Crippen LogP contribution in [0.25, 0.3) is 22.0 Å². The van der Waals surface area contributed by atoms with Gasteiger partial charge in [0.15, 0.2) is 0 Å². The standard InChI is InChI=1S/C31H28FNO5S/c1-21-13-15-26(16-14-21)39(35,36)38-20-30(34)31(23-8-5-9-24(32)17-23)33-19-28(27-11-3-4-12-29(27)33)22-7-6-10-25(18-22)37-2/h3-19,30-31,34H,20H2,1-2H3. The van der Waals surface area contributed by atoms with Gasteiger partial charge in [-0.25, -0.2) is 4.39 Å². The van der Waals surface area contributed by atoms with E-state index in [1.165, 1.54) is 24.3 Å². The normalized spacial score (nSPS) is 13.3. The highest BCUT2D eigenvalue weighted by Crippen LogP contribution is 2.37. The zero-order chi connectivity index (χ0) is 27.6. The van der Waals surface area contributed by atoms with Crippen LogP contribution in [0, 0.1) is 12.7 Å². The minimum Gasteiger partial charge on any atom is -0.497 e. The number of ether oxygens (including phenoxy) is 1. The lowest BCUT2D eigenvalue weighted by molar-refractivity contribution is 0.0784. The van der Waals surface area contributed by atoms with Crippen molar-refractivity contribution in [3.8, 4) is 16.9 Å². The predicted octanol–water partition coefficient (Wildman–Crippen LogP) is 6.12. The highest BCUT2D eigenvalue weighted by Gasteiger charge is 2.28. The topological polar surface area (TPSA) is 77.8 Å². The molecule has 1 aromatic heterocycles. The van der Waals surface area contributed by atoms with E-state index in [-0.39, 0.29) is 4.90 Å². The number of benzene rings is 4. The second-order valence-electron chi connectivity index (χ2n) is 9.32. The van der Waals surface area contributed by atoms with Gasteiger partial charge in [0.1, 0.15) is 17.7 Å². The summed E-state index contributed by atoms with van der Waals surface area (Å²) in [6.07, 6.45) is 0.549. The van der Waals surface area contributed by atoms with E-state index >= 15 is 0 Å². The molecule has 6 nitrogen and oxygen atoms in total. The van der Waals surface area contributed by atoms with Crippen LogP contribution in [0.2, 0.25) is 0 Å². The maximum Gasteiger partial charge on any atom is 0.297 e. The number of rotatable bonds is 9. The lowest BCUT2D eigenvalue weighted by Crippen LogP contribution is -2.30. The summed E-state index contributed by atoms with van der Waals surface area (Å²) in [6.45, 7) is 1.32. The van der Waals surface area contributed by atoms with E-state index in [0.717, 1.165) is 27.6 Å². The van der Waals surface area contributed by atoms with E-state index in [0.29, 0.717) is 11.3 Å². The minimum absolute atomic E-state index is 0.00525. The highest BCUT2D eigenvalue weighted by molar-refractivity contribution is 7.86. The van der Waals surface area contributed by atoms with Crippen LogP contribution in [0.4, 0.5) is 4.39 Å². The molecule has 0 aliphatic rings. The van der Waals surface area contributed by atoms with Gasteiger partial charge in [0.25, 0.3) is 10.1 Å². The molecule has 0 saturated heterocycles. The number of aromatic nitrogens is 1. The molecular formula is C31H28FNO5S. The van der Waals surface area contributed by atoms with Gasteiger partial charge in [0.2, 0.25) is 0 Å². The quantitative estimate of drug-likeness (QED) is 0.226. The van der Waals surface area contributed by atoms with Gasteiger partial charge in [-0.1, -0.05) is 60.2 Å². The van der Waals surface area contributed by atoms with Gasteiger partial charge in [-0.15, -0.1) is 0 Å². The Bertz CT molecular complexity index is 1710. The van der Waals surface area contributed by atoms with E-state index in [9.17, 15) is 17.9 Å². The largest absolute Gasteiger partial charge is 0.497 e. The highest BCUT2D eigenvalue weighted by atomic mass is 32.2. The van der Waals surface area contributed by atoms with Gasteiger partial charge in [0.05, 0.1) is 24.7 Å². The molecule has 8 heteroatoms. The van der Waals surface area contributed by atoms with E-state index in [1.54, 1.807) is 31.4 Å². The molecule has 0 spiro atoms. The Kier molecular flexibility index (Phi) is 7.52. The van der Waals surface area contributed by atoms with Crippen LogP contribution in [-0.2, 0) is 14.3 Å². The van der Waals surface area contributed by atoms with Gasteiger partial charge < -0.3 is 14.4 Å². The molecular weight excluding hydrogens is 517 g/mol. The number of methoxy groups -OCH3 is 1. The van der Waals surface area contributed by atoms with Gasteiger partial charge in [-0.2, -0.15) is 8.42 Å². The fraction of sp³-hybridized carbons (Fsp3) is 0.161. The minimum atomic E-state index is -4.12. The Hall–Kier alpha value is -3.98. The summed E-state index contributed by atoms with van der Waals surface area (Å²) in [7, 11) is -2.52. The zero-order valence-corrected chi connectivity index (χ0v) is 22.3. The summed E-state index contributed by atoms with van der Waals surface area (Å²) in [6, 6.07) is 26.6. The second-order valence-corrected chi connectivity index (χ2v) is 10.9. The molecule has 5 aromatic rings. The Morgan fingerprint density at radius 1 is 0.923 bits per heavy atom. The predicted molar refractivity (Wildman–Crippen MR) is 149 cm³/mol. The van der Waals surface area contributed by atoms with Gasteiger partial charge in [-0.05, 0) is 60.5 Å². The molecule has 0 saturated carbocycles. The van der Waals surface area contributed by atoms with E-state index in [2.05, 4.69) is 0 Å². The smallest absolute Gasteiger partial charge is 0.297 e. The van der Waals surface area contributed by atoms with Crippen LogP contribution < -0.4 is 4.74 Å². The number of aliphatic hydroxyl groups is 1. The summed E-state index contributed by atoms with van der Waals surface area (Å²) >= 11 is 0. The van der Waals surface area contributed by atoms with Crippen molar-refractivity contribution in [1.29, 1.82) is 0 Å². The Balaban J connectivity index is 1.58. The first-order valence-corrected chi connectivity index (χ1v) is 13.8. The summed E-state index contributed by atoms with van der Waals surface area (Å²) in [5.41, 5.74) is 3.94. The van der Waals surface area contributed by atoms with Crippen molar-refractivity contribution >= 4 is 21.0 Å². The van der Waals surface area contributed by atoms with Crippen LogP contribution in [0.15, 0.2) is 108 Å². The third kappa shape index (κ3) is 5.59. The van der Waals surface area contributed by atoms with Crippen molar-refractivity contribution in [1.82, 2.24) is 4.57 Å². The van der Waals surface area contributed by atoms with Crippen LogP contribution in [0.1, 0.15) is 17.2 Å². The summed E-state index contributed by atoms with van der Waals surface area (Å²) < 4.78 is 52.6. The molecule has 2 unspecified atom stereocenters. The summed E-state index contributed by atoms with van der Waals surface area (Å²) in [5, 5.41) is 12.3. The second kappa shape index (κ2) is 11.0. The average Bonchev–Trinajstić information content (AvgIpc) is 3.32. The maximum atomic E-state index is 14.4. The average molecular weight is 546 g/mol. The number of fused-ring (bicyclic) bond motifs is 1. The Morgan fingerprint density at radius 3 is 2.41 bits per heavy atom. The van der Waals surface area contributed by atoms with Crippen LogP contribution in [0.3, 0.4) is 0 Å². The van der Waals surface area contributed by atoms with E-state index in [4.69, 9.17) is 8.92 Å². The maximum absolute atomic E-state index is 14.4. The number of para-hydroxylation sites is 1. The Morgan fingerprint density at radius 2 is 1.67 bits per heavy atom. The van der Waals surface area contributed by atoms with E-state index in [1.807, 2.05) is 66.2 Å². The lowest BCUT2D eigenvalue weighted by Gasteiger charge is -2.26. The van der Waals surface area contributed by atoms with E-state index < -0.39 is 34.7 Å². The van der Waals surface area contributed by atoms with Gasteiger partial charge >= 0.3 is 0 Å². The van der Waals surface area contributed by atoms with Crippen LogP contribution >= 0.6 is 0 Å². The number of aryl methyl sites for hydroxylation is 1. The van der Waals surface area contributed by atoms with Crippen molar-refractivity contribution < 1.29 is 26.8 Å². The first-order chi connectivity index (χ1) is 18.8. The molecule has 200 valence electrons. The molecule has 0 radical (unpaired) electrons. The molecule has 39 heavy (non-hydrogen) atoms. The molecule has 5 rings (SSSR count). The summed E-state index contributed by atoms with van der Waals surface area (Å²) in [5.74, 6) is 0.225. The SMILES string of the molecule is COc1cccc(-c2cn(C(c3cccc(F)c3)C(O)COS(=O)(=O)c3ccc(C)cc3)c3ccccc23)c1. The first-order valence-electron chi connectivity index (χ1n) is 12.4. The Labute approximate surface area is 227 Å². The number of nitrogens with zero attached hydrogens (tertiary/aromatic N) is 1. The molecule has 0 aliphatic heterocycles. The van der Waals surface area contributed by atoms with Crippen molar-refractivity contribution in [3.05, 3.63) is 120 Å². The molecule has 1 N–H and O–H groups in total. The number of aliphatic hydroxyl groups excluding tert-OH is 1. The van der Waals surface area contributed by atoms with Crippen molar-refractivity contribution in [2.24, 2.45) is 0 Å². The molecule has 0 aliphatic carbocycles. The molecule has 0 fully saturated rings. The fourth-order valence-electron chi connectivity index (χ4n) is 4.74. The molecule has 4 aromatic carbocycles. The van der Waals surface area contributed by atoms with Crippen molar-refractivity contribution in [3.63, 3.8) is 0 Å². The van der Waals surface area contributed by atoms with Crippen molar-refractivity contribution in [2.75, 3.05) is 13.7 Å². The van der Waals surface area contributed by atoms with Gasteiger partial charge in [-0.3, -0.25) is 4.18 Å². The number of halogens is 1. The summed E-state index contributed by atoms with van der Waals surface area (Å²) in [4.78, 5) is -0.00525. The monoisotopic (exact) mass is 545 g/mol. The third-order valence-electron chi connectivity index (χ3n) is 6.68. The molecule has 1 heterocycles. The number of hydrogen-bond acceptors (Lipinski definition) is 5. The third-order valence-corrected chi connectivity index (χ3v) is 7.98. The first kappa shape index (κ1) is 26.6. The molecule has 0 amide bonds. The van der Waals surface area contributed by atoms with Crippen LogP contribution in [0.5, 0.6) is 5.75 Å². The number of hydrogen-bond donors (Lipinski definition) is 1. The lowest BCUT2D eigenvalue weighted by atomic mass is 10.0. The zero-order valence-electron chi connectivity index (χ0n) is 21.5. The fourth-order valence-corrected chi connectivity index (χ4v) is 5.66. The van der Waals surface area contributed by atoms with Crippen LogP contribution in [-0.4, -0.2) is 37.9 Å². The van der Waals surface area contributed by atoms with Gasteiger partial charge in [0, 0.05) is 22.7 Å². The molecule has 2 atom stereocenters. The van der Waals surface area contributed by atoms with Crippen molar-refractivity contribution in [2.45, 2.75) is 24.0 Å².